The first-order chi connectivity index (χ1) is 14.6. The molecule has 168 valence electrons. The number of anilines is 1. The highest BCUT2D eigenvalue weighted by Gasteiger charge is 2.41. The lowest BCUT2D eigenvalue weighted by Crippen LogP contribution is -2.46. The zero-order valence-corrected chi connectivity index (χ0v) is 17.1. The van der Waals surface area contributed by atoms with Crippen molar-refractivity contribution in [3.63, 3.8) is 0 Å². The van der Waals surface area contributed by atoms with E-state index >= 15 is 0 Å². The smallest absolute Gasteiger partial charge is 0.276 e. The van der Waals surface area contributed by atoms with Crippen LogP contribution in [0.1, 0.15) is 35.3 Å². The van der Waals surface area contributed by atoms with Crippen LogP contribution < -0.4 is 14.8 Å². The monoisotopic (exact) mass is 459 g/mol. The van der Waals surface area contributed by atoms with E-state index in [1.165, 1.54) is 17.8 Å². The zero-order valence-electron chi connectivity index (χ0n) is 16.3. The number of halogens is 3. The van der Waals surface area contributed by atoms with E-state index in [1.807, 2.05) is 0 Å². The minimum absolute atomic E-state index is 0.00912. The quantitative estimate of drug-likeness (QED) is 0.635. The molecule has 2 aliphatic rings. The number of aliphatic hydroxyl groups is 1. The van der Waals surface area contributed by atoms with Crippen molar-refractivity contribution in [2.45, 2.75) is 36.3 Å². The largest absolute Gasteiger partial charge is 0.488 e. The maximum absolute atomic E-state index is 13.5. The molecule has 0 spiro atoms. The SMILES string of the molecule is Cn1cc2c(c1C(=O)Nc1ccc(F)c(C(F)F)c1)OCC(C(O)C1CC1)NS2(=O)=O. The molecule has 1 amide bonds. The molecule has 1 aromatic heterocycles. The standard InChI is InChI=1S/C19H20F3N3O5S/c1-25-7-14-17(30-8-13(24-31(14,28)29)16(26)9-2-3-9)15(25)19(27)23-10-4-5-12(20)11(6-10)18(21)22/h4-7,9,13,16,18,24,26H,2-3,8H2,1H3,(H,23,27). The van der Waals surface area contributed by atoms with Crippen LogP contribution in [0.25, 0.3) is 0 Å². The second-order valence-corrected chi connectivity index (χ2v) is 9.32. The maximum atomic E-state index is 13.5. The van der Waals surface area contributed by atoms with Crippen LogP contribution in [0.4, 0.5) is 18.9 Å². The van der Waals surface area contributed by atoms with Gasteiger partial charge < -0.3 is 19.7 Å². The summed E-state index contributed by atoms with van der Waals surface area (Å²) in [5.41, 5.74) is -1.12. The van der Waals surface area contributed by atoms with Gasteiger partial charge in [0.25, 0.3) is 12.3 Å². The molecule has 0 bridgehead atoms. The predicted molar refractivity (Wildman–Crippen MR) is 103 cm³/mol. The number of amides is 1. The van der Waals surface area contributed by atoms with Crippen LogP contribution in [-0.2, 0) is 17.1 Å². The van der Waals surface area contributed by atoms with Gasteiger partial charge in [-0.15, -0.1) is 0 Å². The third-order valence-electron chi connectivity index (χ3n) is 5.33. The Hall–Kier alpha value is -2.57. The Bertz CT molecular complexity index is 1130. The highest BCUT2D eigenvalue weighted by Crippen LogP contribution is 2.37. The normalized spacial score (nSPS) is 21.2. The Morgan fingerprint density at radius 1 is 1.35 bits per heavy atom. The summed E-state index contributed by atoms with van der Waals surface area (Å²) in [5.74, 6) is -2.16. The van der Waals surface area contributed by atoms with Gasteiger partial charge in [-0.05, 0) is 37.0 Å². The summed E-state index contributed by atoms with van der Waals surface area (Å²) in [7, 11) is -2.67. The van der Waals surface area contributed by atoms with Crippen molar-refractivity contribution in [1.82, 2.24) is 9.29 Å². The number of fused-ring (bicyclic) bond motifs is 1. The Balaban J connectivity index is 1.64. The van der Waals surface area contributed by atoms with E-state index in [4.69, 9.17) is 4.74 Å². The fraction of sp³-hybridized carbons (Fsp3) is 0.421. The van der Waals surface area contributed by atoms with Crippen molar-refractivity contribution < 1.29 is 36.2 Å². The van der Waals surface area contributed by atoms with Crippen molar-refractivity contribution in [3.05, 3.63) is 41.5 Å². The molecule has 0 radical (unpaired) electrons. The molecule has 2 unspecified atom stereocenters. The second-order valence-electron chi connectivity index (χ2n) is 7.64. The van der Waals surface area contributed by atoms with E-state index in [0.717, 1.165) is 31.0 Å². The zero-order chi connectivity index (χ0) is 22.5. The highest BCUT2D eigenvalue weighted by atomic mass is 32.2. The first-order valence-electron chi connectivity index (χ1n) is 9.50. The van der Waals surface area contributed by atoms with Crippen LogP contribution in [0.15, 0.2) is 29.3 Å². The highest BCUT2D eigenvalue weighted by molar-refractivity contribution is 7.89. The molecule has 8 nitrogen and oxygen atoms in total. The van der Waals surface area contributed by atoms with Crippen LogP contribution in [0, 0.1) is 11.7 Å². The van der Waals surface area contributed by atoms with Gasteiger partial charge in [0.2, 0.25) is 10.0 Å². The predicted octanol–water partition coefficient (Wildman–Crippen LogP) is 2.16. The number of rotatable bonds is 5. The van der Waals surface area contributed by atoms with E-state index in [0.29, 0.717) is 0 Å². The number of hydrogen-bond donors (Lipinski definition) is 3. The van der Waals surface area contributed by atoms with Gasteiger partial charge in [-0.3, -0.25) is 4.79 Å². The number of carbonyl (C=O) groups is 1. The maximum Gasteiger partial charge on any atom is 0.276 e. The lowest BCUT2D eigenvalue weighted by Gasteiger charge is -2.21. The molecule has 2 atom stereocenters. The Morgan fingerprint density at radius 3 is 2.71 bits per heavy atom. The van der Waals surface area contributed by atoms with Crippen LogP contribution in [0.3, 0.4) is 0 Å². The number of hydrogen-bond acceptors (Lipinski definition) is 5. The second kappa shape index (κ2) is 7.84. The first kappa shape index (κ1) is 21.7. The van der Waals surface area contributed by atoms with E-state index in [-0.39, 0.29) is 34.6 Å². The lowest BCUT2D eigenvalue weighted by atomic mass is 10.1. The number of benzene rings is 1. The Labute approximate surface area is 176 Å². The van der Waals surface area contributed by atoms with E-state index in [2.05, 4.69) is 10.0 Å². The summed E-state index contributed by atoms with van der Waals surface area (Å²) < 4.78 is 74.2. The number of alkyl halides is 2. The summed E-state index contributed by atoms with van der Waals surface area (Å²) in [6.45, 7) is -0.194. The van der Waals surface area contributed by atoms with Crippen LogP contribution in [-0.4, -0.2) is 42.8 Å². The average Bonchev–Trinajstić information content (AvgIpc) is 3.49. The molecule has 4 rings (SSSR count). The molecule has 2 heterocycles. The number of ether oxygens (including phenoxy) is 1. The molecular weight excluding hydrogens is 439 g/mol. The molecule has 3 N–H and O–H groups in total. The lowest BCUT2D eigenvalue weighted by molar-refractivity contribution is 0.0898. The molecular formula is C19H20F3N3O5S. The van der Waals surface area contributed by atoms with Gasteiger partial charge in [-0.2, -0.15) is 0 Å². The molecule has 0 saturated heterocycles. The van der Waals surface area contributed by atoms with Crippen molar-refractivity contribution in [2.75, 3.05) is 11.9 Å². The molecule has 12 heteroatoms. The Morgan fingerprint density at radius 2 is 2.06 bits per heavy atom. The van der Waals surface area contributed by atoms with Crippen molar-refractivity contribution in [2.24, 2.45) is 13.0 Å². The average molecular weight is 459 g/mol. The molecule has 1 aromatic carbocycles. The fourth-order valence-electron chi connectivity index (χ4n) is 3.55. The number of aromatic nitrogens is 1. The van der Waals surface area contributed by atoms with Crippen LogP contribution >= 0.6 is 0 Å². The van der Waals surface area contributed by atoms with Crippen molar-refractivity contribution >= 4 is 21.6 Å². The van der Waals surface area contributed by atoms with Crippen molar-refractivity contribution in [3.8, 4) is 5.75 Å². The number of nitrogens with zero attached hydrogens (tertiary/aromatic N) is 1. The number of nitrogens with one attached hydrogen (secondary N) is 2. The molecule has 2 aromatic rings. The van der Waals surface area contributed by atoms with Gasteiger partial charge >= 0.3 is 0 Å². The van der Waals surface area contributed by atoms with Gasteiger partial charge in [-0.25, -0.2) is 26.3 Å². The number of carbonyl (C=O) groups excluding carboxylic acids is 1. The van der Waals surface area contributed by atoms with Gasteiger partial charge in [0.1, 0.15) is 17.3 Å². The van der Waals surface area contributed by atoms with E-state index in [9.17, 15) is 31.5 Å². The summed E-state index contributed by atoms with van der Waals surface area (Å²) in [6.07, 6.45) is -1.22. The number of aryl methyl sites for hydroxylation is 1. The molecule has 1 saturated carbocycles. The molecule has 31 heavy (non-hydrogen) atoms. The van der Waals surface area contributed by atoms with Crippen LogP contribution in [0.5, 0.6) is 5.75 Å². The molecule has 1 aliphatic carbocycles. The topological polar surface area (TPSA) is 110 Å². The Kier molecular flexibility index (Phi) is 5.48. The fourth-order valence-corrected chi connectivity index (χ4v) is 4.98. The third-order valence-corrected chi connectivity index (χ3v) is 6.81. The van der Waals surface area contributed by atoms with Gasteiger partial charge in [0.15, 0.2) is 11.4 Å². The molecule has 1 aliphatic heterocycles. The van der Waals surface area contributed by atoms with Gasteiger partial charge in [0.05, 0.1) is 17.7 Å². The summed E-state index contributed by atoms with van der Waals surface area (Å²) in [6, 6.07) is 1.84. The summed E-state index contributed by atoms with van der Waals surface area (Å²) in [5, 5.41) is 12.7. The van der Waals surface area contributed by atoms with Gasteiger partial charge in [-0.1, -0.05) is 0 Å². The first-order valence-corrected chi connectivity index (χ1v) is 11.0. The third kappa shape index (κ3) is 4.14. The van der Waals surface area contributed by atoms with E-state index in [1.54, 1.807) is 0 Å². The number of sulfonamides is 1. The minimum atomic E-state index is -4.09. The number of aliphatic hydroxyl groups excluding tert-OH is 1. The summed E-state index contributed by atoms with van der Waals surface area (Å²) in [4.78, 5) is 12.6. The molecule has 1 fully saturated rings. The minimum Gasteiger partial charge on any atom is -0.488 e. The summed E-state index contributed by atoms with van der Waals surface area (Å²) >= 11 is 0. The van der Waals surface area contributed by atoms with Gasteiger partial charge in [0, 0.05) is 18.9 Å². The van der Waals surface area contributed by atoms with Crippen LogP contribution in [0.2, 0.25) is 0 Å². The van der Waals surface area contributed by atoms with Crippen molar-refractivity contribution in [1.29, 1.82) is 0 Å². The van der Waals surface area contributed by atoms with E-state index < -0.39 is 45.9 Å².